The van der Waals surface area contributed by atoms with Gasteiger partial charge in [-0.05, 0) is 19.9 Å². The number of nitrogens with zero attached hydrogens (tertiary/aromatic N) is 5. The van der Waals surface area contributed by atoms with E-state index < -0.39 is 0 Å². The monoisotopic (exact) mass is 233 g/mol. The summed E-state index contributed by atoms with van der Waals surface area (Å²) in [4.78, 5) is 11.0. The Morgan fingerprint density at radius 2 is 1.94 bits per heavy atom. The topological polar surface area (TPSA) is 55.5 Å². The van der Waals surface area contributed by atoms with Gasteiger partial charge in [0.1, 0.15) is 0 Å². The van der Waals surface area contributed by atoms with E-state index in [1.54, 1.807) is 4.52 Å². The van der Waals surface area contributed by atoms with E-state index in [2.05, 4.69) is 20.0 Å². The minimum Gasteiger partial charge on any atom is -0.378 e. The minimum atomic E-state index is 0.670. The second-order valence-electron chi connectivity index (χ2n) is 4.26. The number of anilines is 1. The van der Waals surface area contributed by atoms with E-state index in [9.17, 15) is 0 Å². The van der Waals surface area contributed by atoms with Gasteiger partial charge in [-0.15, -0.1) is 5.10 Å². The van der Waals surface area contributed by atoms with Gasteiger partial charge < -0.3 is 9.64 Å². The van der Waals surface area contributed by atoms with Crippen LogP contribution in [-0.2, 0) is 4.74 Å². The van der Waals surface area contributed by atoms with Crippen LogP contribution < -0.4 is 4.90 Å². The summed E-state index contributed by atoms with van der Waals surface area (Å²) in [6.45, 7) is 7.14. The van der Waals surface area contributed by atoms with Crippen molar-refractivity contribution in [1.82, 2.24) is 19.6 Å². The van der Waals surface area contributed by atoms with Crippen molar-refractivity contribution in [3.63, 3.8) is 0 Å². The number of aryl methyl sites for hydroxylation is 2. The van der Waals surface area contributed by atoms with E-state index in [4.69, 9.17) is 4.74 Å². The van der Waals surface area contributed by atoms with Gasteiger partial charge in [-0.3, -0.25) is 0 Å². The minimum absolute atomic E-state index is 0.670. The molecule has 17 heavy (non-hydrogen) atoms. The van der Waals surface area contributed by atoms with Crippen molar-refractivity contribution in [3.05, 3.63) is 17.5 Å². The fourth-order valence-electron chi connectivity index (χ4n) is 2.05. The Bertz CT molecular complexity index is 544. The van der Waals surface area contributed by atoms with Crippen molar-refractivity contribution in [1.29, 1.82) is 0 Å². The van der Waals surface area contributed by atoms with E-state index in [1.165, 1.54) is 0 Å². The van der Waals surface area contributed by atoms with Crippen molar-refractivity contribution < 1.29 is 4.74 Å². The highest BCUT2D eigenvalue weighted by Crippen LogP contribution is 2.13. The Labute approximate surface area is 99.2 Å². The first kappa shape index (κ1) is 10.5. The average Bonchev–Trinajstić information content (AvgIpc) is 2.74. The zero-order chi connectivity index (χ0) is 11.8. The number of morpholine rings is 1. The molecule has 1 aliphatic heterocycles. The highest BCUT2D eigenvalue weighted by Gasteiger charge is 2.16. The zero-order valence-corrected chi connectivity index (χ0v) is 10.1. The summed E-state index contributed by atoms with van der Waals surface area (Å²) in [5.41, 5.74) is 2.02. The summed E-state index contributed by atoms with van der Waals surface area (Å²) >= 11 is 0. The summed E-state index contributed by atoms with van der Waals surface area (Å²) in [7, 11) is 0. The van der Waals surface area contributed by atoms with Crippen LogP contribution in [0.25, 0.3) is 5.78 Å². The molecule has 1 fully saturated rings. The third kappa shape index (κ3) is 1.84. The maximum absolute atomic E-state index is 5.32. The molecule has 0 spiro atoms. The maximum Gasteiger partial charge on any atom is 0.254 e. The van der Waals surface area contributed by atoms with E-state index >= 15 is 0 Å². The lowest BCUT2D eigenvalue weighted by Crippen LogP contribution is -2.36. The van der Waals surface area contributed by atoms with Crippen molar-refractivity contribution in [2.24, 2.45) is 0 Å². The quantitative estimate of drug-likeness (QED) is 0.721. The van der Waals surface area contributed by atoms with E-state index in [-0.39, 0.29) is 0 Å². The molecule has 0 unspecified atom stereocenters. The molecule has 0 N–H and O–H groups in total. The fraction of sp³-hybridized carbons (Fsp3) is 0.545. The molecule has 3 rings (SSSR count). The summed E-state index contributed by atoms with van der Waals surface area (Å²) in [5, 5.41) is 4.49. The van der Waals surface area contributed by atoms with Gasteiger partial charge in [0.05, 0.1) is 13.2 Å². The SMILES string of the molecule is Cc1cc(C)n2nc(N3CCOCC3)nc2n1. The Kier molecular flexibility index (Phi) is 2.44. The summed E-state index contributed by atoms with van der Waals surface area (Å²) in [6, 6.07) is 2.00. The predicted molar refractivity (Wildman–Crippen MR) is 63.3 cm³/mol. The highest BCUT2D eigenvalue weighted by molar-refractivity contribution is 5.41. The number of rotatable bonds is 1. The van der Waals surface area contributed by atoms with Crippen molar-refractivity contribution in [2.45, 2.75) is 13.8 Å². The normalized spacial score (nSPS) is 16.7. The third-order valence-corrected chi connectivity index (χ3v) is 2.90. The zero-order valence-electron chi connectivity index (χ0n) is 10.1. The lowest BCUT2D eigenvalue weighted by molar-refractivity contribution is 0.122. The number of ether oxygens (including phenoxy) is 1. The Morgan fingerprint density at radius 1 is 1.18 bits per heavy atom. The van der Waals surface area contributed by atoms with Crippen LogP contribution >= 0.6 is 0 Å². The van der Waals surface area contributed by atoms with E-state index in [0.717, 1.165) is 43.6 Å². The molecule has 0 bridgehead atoms. The Morgan fingerprint density at radius 3 is 2.71 bits per heavy atom. The molecule has 0 saturated carbocycles. The molecule has 90 valence electrons. The van der Waals surface area contributed by atoms with Gasteiger partial charge in [0, 0.05) is 24.5 Å². The molecule has 0 atom stereocenters. The third-order valence-electron chi connectivity index (χ3n) is 2.90. The van der Waals surface area contributed by atoms with Crippen molar-refractivity contribution >= 4 is 11.7 Å². The van der Waals surface area contributed by atoms with Crippen LogP contribution in [0.1, 0.15) is 11.4 Å². The molecule has 1 saturated heterocycles. The summed E-state index contributed by atoms with van der Waals surface area (Å²) in [6.07, 6.45) is 0. The molecule has 6 nitrogen and oxygen atoms in total. The summed E-state index contributed by atoms with van der Waals surface area (Å²) in [5.74, 6) is 1.42. The molecule has 0 radical (unpaired) electrons. The van der Waals surface area contributed by atoms with Gasteiger partial charge in [-0.25, -0.2) is 4.98 Å². The predicted octanol–water partition coefficient (Wildman–Crippen LogP) is 0.578. The summed E-state index contributed by atoms with van der Waals surface area (Å²) < 4.78 is 7.11. The van der Waals surface area contributed by atoms with Crippen LogP contribution in [0.4, 0.5) is 5.95 Å². The van der Waals surface area contributed by atoms with Gasteiger partial charge in [-0.2, -0.15) is 9.50 Å². The molecular weight excluding hydrogens is 218 g/mol. The first-order valence-electron chi connectivity index (χ1n) is 5.78. The van der Waals surface area contributed by atoms with Crippen LogP contribution in [0, 0.1) is 13.8 Å². The fourth-order valence-corrected chi connectivity index (χ4v) is 2.05. The van der Waals surface area contributed by atoms with Gasteiger partial charge in [0.25, 0.3) is 5.78 Å². The van der Waals surface area contributed by atoms with Crippen LogP contribution in [0.5, 0.6) is 0 Å². The van der Waals surface area contributed by atoms with Gasteiger partial charge in [0.2, 0.25) is 5.95 Å². The maximum atomic E-state index is 5.32. The molecule has 3 heterocycles. The van der Waals surface area contributed by atoms with Crippen LogP contribution in [0.3, 0.4) is 0 Å². The molecule has 0 aromatic carbocycles. The van der Waals surface area contributed by atoms with Crippen molar-refractivity contribution in [3.8, 4) is 0 Å². The lowest BCUT2D eigenvalue weighted by Gasteiger charge is -2.25. The molecule has 0 amide bonds. The number of fused-ring (bicyclic) bond motifs is 1. The largest absolute Gasteiger partial charge is 0.378 e. The molecule has 0 aliphatic carbocycles. The van der Waals surface area contributed by atoms with Crippen LogP contribution in [0.2, 0.25) is 0 Å². The van der Waals surface area contributed by atoms with E-state index in [0.29, 0.717) is 5.78 Å². The van der Waals surface area contributed by atoms with Gasteiger partial charge >= 0.3 is 0 Å². The highest BCUT2D eigenvalue weighted by atomic mass is 16.5. The molecule has 6 heteroatoms. The molecule has 2 aromatic heterocycles. The Hall–Kier alpha value is -1.69. The molecule has 1 aliphatic rings. The molecular formula is C11H15N5O. The first-order chi connectivity index (χ1) is 8.24. The Balaban J connectivity index is 2.03. The van der Waals surface area contributed by atoms with E-state index in [1.807, 2.05) is 19.9 Å². The van der Waals surface area contributed by atoms with Gasteiger partial charge in [0.15, 0.2) is 0 Å². The number of aromatic nitrogens is 4. The lowest BCUT2D eigenvalue weighted by atomic mass is 10.4. The number of hydrogen-bond acceptors (Lipinski definition) is 5. The average molecular weight is 233 g/mol. The number of hydrogen-bond donors (Lipinski definition) is 0. The van der Waals surface area contributed by atoms with Crippen molar-refractivity contribution in [2.75, 3.05) is 31.2 Å². The smallest absolute Gasteiger partial charge is 0.254 e. The standard InChI is InChI=1S/C11H15N5O/c1-8-7-9(2)16-10(12-8)13-11(14-16)15-3-5-17-6-4-15/h7H,3-6H2,1-2H3. The first-order valence-corrected chi connectivity index (χ1v) is 5.78. The van der Waals surface area contributed by atoms with Crippen LogP contribution in [0.15, 0.2) is 6.07 Å². The second-order valence-corrected chi connectivity index (χ2v) is 4.26. The molecule has 2 aromatic rings. The van der Waals surface area contributed by atoms with Crippen LogP contribution in [-0.4, -0.2) is 45.9 Å². The van der Waals surface area contributed by atoms with Gasteiger partial charge in [-0.1, -0.05) is 0 Å². The second kappa shape index (κ2) is 3.96.